The molecule has 0 aromatic carbocycles. The van der Waals surface area contributed by atoms with Gasteiger partial charge in [-0.25, -0.2) is 4.79 Å². The van der Waals surface area contributed by atoms with Crippen molar-refractivity contribution >= 4 is 19.5 Å². The van der Waals surface area contributed by atoms with Gasteiger partial charge in [-0.05, 0) is 13.3 Å². The predicted molar refractivity (Wildman–Crippen MR) is 145 cm³/mol. The van der Waals surface area contributed by atoms with Crippen LogP contribution in [0.3, 0.4) is 0 Å². The number of aliphatic hydroxyl groups is 4. The van der Waals surface area contributed by atoms with E-state index in [1.807, 2.05) is 0 Å². The fraction of sp³-hybridized carbons (Fsp3) is 0.923. The first-order valence-electron chi connectivity index (χ1n) is 14.3. The van der Waals surface area contributed by atoms with Gasteiger partial charge < -0.3 is 50.2 Å². The van der Waals surface area contributed by atoms with E-state index < -0.39 is 61.6 Å². The van der Waals surface area contributed by atoms with Crippen LogP contribution in [0.2, 0.25) is 0 Å². The highest BCUT2D eigenvalue weighted by molar-refractivity contribution is 7.54. The summed E-state index contributed by atoms with van der Waals surface area (Å²) in [5.41, 5.74) is -1.02. The maximum atomic E-state index is 12.8. The number of rotatable bonds is 22. The Bertz CT molecular complexity index is 813. The lowest BCUT2D eigenvalue weighted by Gasteiger charge is -2.49. The number of unbranched alkanes of at least 4 members (excludes halogenated alkanes) is 13. The van der Waals surface area contributed by atoms with Crippen LogP contribution in [0.4, 0.5) is 0 Å². The van der Waals surface area contributed by atoms with Crippen LogP contribution in [-0.2, 0) is 28.2 Å². The Kier molecular flexibility index (Phi) is 16.3. The molecule has 0 spiro atoms. The topological polar surface area (TPSA) is 226 Å². The SMILES string of the molecule is CCCCCCCCCCCCCCCCO[C@H](COP(=O)(O)[C@]1(O)O[C@H](C(N)=O)[C@@](C)(O)[C@H](O)[C@H]1O)C(=O)O. The third kappa shape index (κ3) is 10.9. The lowest BCUT2D eigenvalue weighted by Crippen LogP contribution is -2.71. The third-order valence-electron chi connectivity index (χ3n) is 7.26. The van der Waals surface area contributed by atoms with Crippen LogP contribution in [0.1, 0.15) is 104 Å². The number of primary amides is 1. The summed E-state index contributed by atoms with van der Waals surface area (Å²) in [6.45, 7) is 2.11. The first-order valence-corrected chi connectivity index (χ1v) is 15.9. The van der Waals surface area contributed by atoms with E-state index in [2.05, 4.69) is 6.92 Å². The lowest BCUT2D eigenvalue weighted by molar-refractivity contribution is -0.329. The van der Waals surface area contributed by atoms with Gasteiger partial charge in [0.05, 0.1) is 6.61 Å². The van der Waals surface area contributed by atoms with Gasteiger partial charge in [-0.15, -0.1) is 0 Å². The summed E-state index contributed by atoms with van der Waals surface area (Å²) in [5, 5.41) is 50.5. The Morgan fingerprint density at radius 3 is 1.77 bits per heavy atom. The van der Waals surface area contributed by atoms with E-state index in [1.165, 1.54) is 57.8 Å². The Morgan fingerprint density at radius 2 is 1.35 bits per heavy atom. The number of amides is 1. The van der Waals surface area contributed by atoms with E-state index in [0.717, 1.165) is 32.6 Å². The summed E-state index contributed by atoms with van der Waals surface area (Å²) in [5.74, 6) is -2.91. The maximum Gasteiger partial charge on any atom is 0.390 e. The quantitative estimate of drug-likeness (QED) is 0.0702. The van der Waals surface area contributed by atoms with Gasteiger partial charge in [0.1, 0.15) is 17.8 Å². The van der Waals surface area contributed by atoms with Crippen molar-refractivity contribution in [1.29, 1.82) is 0 Å². The fourth-order valence-electron chi connectivity index (χ4n) is 4.60. The van der Waals surface area contributed by atoms with Gasteiger partial charge in [-0.3, -0.25) is 9.36 Å². The minimum atomic E-state index is -5.51. The molecule has 1 rings (SSSR count). The molecule has 8 N–H and O–H groups in total. The van der Waals surface area contributed by atoms with Crippen molar-refractivity contribution in [2.24, 2.45) is 5.73 Å². The molecule has 1 fully saturated rings. The van der Waals surface area contributed by atoms with E-state index in [9.17, 15) is 44.6 Å². The van der Waals surface area contributed by atoms with Gasteiger partial charge in [0.15, 0.2) is 12.2 Å². The molecule has 236 valence electrons. The highest BCUT2D eigenvalue weighted by atomic mass is 31.2. The summed E-state index contributed by atoms with van der Waals surface area (Å²) >= 11 is 0. The molecule has 40 heavy (non-hydrogen) atoms. The van der Waals surface area contributed by atoms with Crippen LogP contribution in [-0.4, -0.2) is 91.1 Å². The number of carboxylic acid groups (broad SMARTS) is 1. The molecule has 1 aliphatic heterocycles. The molecular formula is C26H50NO12P. The van der Waals surface area contributed by atoms with Crippen LogP contribution >= 0.6 is 7.60 Å². The number of aliphatic hydroxyl groups excluding tert-OH is 2. The largest absolute Gasteiger partial charge is 0.479 e. The molecule has 13 nitrogen and oxygen atoms in total. The molecule has 0 aromatic heterocycles. The van der Waals surface area contributed by atoms with E-state index in [1.54, 1.807) is 0 Å². The van der Waals surface area contributed by atoms with E-state index in [-0.39, 0.29) is 6.61 Å². The Balaban J connectivity index is 2.38. The second-order valence-corrected chi connectivity index (χ2v) is 12.7. The molecule has 1 aliphatic rings. The summed E-state index contributed by atoms with van der Waals surface area (Å²) in [7, 11) is -5.51. The number of hydrogen-bond acceptors (Lipinski definition) is 10. The van der Waals surface area contributed by atoms with Gasteiger partial charge in [0.2, 0.25) is 5.91 Å². The zero-order valence-corrected chi connectivity index (χ0v) is 24.7. The van der Waals surface area contributed by atoms with Crippen molar-refractivity contribution in [2.45, 2.75) is 139 Å². The zero-order valence-electron chi connectivity index (χ0n) is 23.8. The zero-order chi connectivity index (χ0) is 30.4. The van der Waals surface area contributed by atoms with E-state index in [0.29, 0.717) is 6.42 Å². The van der Waals surface area contributed by atoms with Crippen molar-refractivity contribution in [1.82, 2.24) is 0 Å². The maximum absolute atomic E-state index is 12.8. The van der Waals surface area contributed by atoms with Crippen molar-refractivity contribution in [3.8, 4) is 0 Å². The summed E-state index contributed by atoms with van der Waals surface area (Å²) < 4.78 is 27.5. The molecule has 0 aromatic rings. The van der Waals surface area contributed by atoms with Crippen LogP contribution in [0.25, 0.3) is 0 Å². The number of carbonyl (C=O) groups is 2. The minimum absolute atomic E-state index is 0.0445. The van der Waals surface area contributed by atoms with E-state index >= 15 is 0 Å². The number of hydrogen-bond donors (Lipinski definition) is 7. The van der Waals surface area contributed by atoms with Gasteiger partial charge in [-0.2, -0.15) is 0 Å². The van der Waals surface area contributed by atoms with Crippen molar-refractivity contribution < 1.29 is 58.6 Å². The first-order chi connectivity index (χ1) is 18.7. The van der Waals surface area contributed by atoms with Gasteiger partial charge in [0.25, 0.3) is 0 Å². The molecule has 1 saturated heterocycles. The summed E-state index contributed by atoms with van der Waals surface area (Å²) in [6.07, 6.45) is 7.28. The molecule has 0 saturated carbocycles. The third-order valence-corrected chi connectivity index (χ3v) is 8.94. The molecular weight excluding hydrogens is 549 g/mol. The second-order valence-electron chi connectivity index (χ2n) is 10.8. The molecule has 14 heteroatoms. The fourth-order valence-corrected chi connectivity index (χ4v) is 5.83. The second kappa shape index (κ2) is 17.7. The summed E-state index contributed by atoms with van der Waals surface area (Å²) in [4.78, 5) is 33.5. The van der Waals surface area contributed by atoms with Crippen LogP contribution in [0, 0.1) is 0 Å². The van der Waals surface area contributed by atoms with Crippen molar-refractivity contribution in [3.05, 3.63) is 0 Å². The molecule has 1 unspecified atom stereocenters. The molecule has 1 amide bonds. The van der Waals surface area contributed by atoms with Crippen LogP contribution < -0.4 is 5.73 Å². The monoisotopic (exact) mass is 599 g/mol. The van der Waals surface area contributed by atoms with Crippen LogP contribution in [0.15, 0.2) is 0 Å². The average molecular weight is 600 g/mol. The van der Waals surface area contributed by atoms with Crippen molar-refractivity contribution in [3.63, 3.8) is 0 Å². The van der Waals surface area contributed by atoms with E-state index in [4.69, 9.17) is 19.7 Å². The van der Waals surface area contributed by atoms with Crippen molar-refractivity contribution in [2.75, 3.05) is 13.2 Å². The lowest BCUT2D eigenvalue weighted by atomic mass is 9.85. The number of ether oxygens (including phenoxy) is 2. The normalized spacial score (nSPS) is 29.1. The molecule has 1 heterocycles. The van der Waals surface area contributed by atoms with Gasteiger partial charge >= 0.3 is 19.1 Å². The minimum Gasteiger partial charge on any atom is -0.479 e. The number of carboxylic acids is 1. The average Bonchev–Trinajstić information content (AvgIpc) is 2.88. The first kappa shape index (κ1) is 36.9. The smallest absolute Gasteiger partial charge is 0.390 e. The molecule has 0 aliphatic carbocycles. The highest BCUT2D eigenvalue weighted by Gasteiger charge is 2.68. The molecule has 7 atom stereocenters. The van der Waals surface area contributed by atoms with Crippen LogP contribution in [0.5, 0.6) is 0 Å². The Hall–Kier alpha value is -1.15. The molecule has 0 radical (unpaired) electrons. The Labute approximate surface area is 236 Å². The van der Waals surface area contributed by atoms with Gasteiger partial charge in [0, 0.05) is 6.61 Å². The predicted octanol–water partition coefficient (Wildman–Crippen LogP) is 2.14. The number of nitrogens with two attached hydrogens (primary N) is 1. The standard InChI is InChI=1S/C26H50NO12P/c1-3-4-5-6-7-8-9-10-11-12-13-14-15-16-17-37-19(24(31)32)18-38-40(35,36)26(34)21(29)20(28)25(2,33)22(39-26)23(27)30/h19-22,28-29,33-34H,3-18H2,1-2H3,(H2,27,30)(H,31,32)(H,35,36)/t19-,20-,21-,22-,25+,26-/m1/s1. The van der Waals surface area contributed by atoms with Gasteiger partial charge in [-0.1, -0.05) is 90.4 Å². The Morgan fingerprint density at radius 1 is 0.900 bits per heavy atom. The summed E-state index contributed by atoms with van der Waals surface area (Å²) in [6, 6.07) is 0. The highest BCUT2D eigenvalue weighted by Crippen LogP contribution is 2.59. The number of carbonyl (C=O) groups excluding carboxylic acids is 1. The molecule has 0 bridgehead atoms. The number of aliphatic carboxylic acids is 1.